The van der Waals surface area contributed by atoms with Gasteiger partial charge in [-0.05, 0) is 29.3 Å². The van der Waals surface area contributed by atoms with E-state index in [0.29, 0.717) is 15.6 Å². The van der Waals surface area contributed by atoms with Crippen molar-refractivity contribution in [3.8, 4) is 11.1 Å². The molecule has 0 aliphatic rings. The van der Waals surface area contributed by atoms with Crippen LogP contribution in [0, 0.1) is 0 Å². The Morgan fingerprint density at radius 1 is 1.11 bits per heavy atom. The fourth-order valence-corrected chi connectivity index (χ4v) is 2.96. The van der Waals surface area contributed by atoms with E-state index in [2.05, 4.69) is 10.4 Å². The quantitative estimate of drug-likeness (QED) is 0.499. The SMILES string of the molecule is O=C(/C=C/c1ccc(Cl)cc1Cl)Nc1n[nH]c(C(F)(F)F)c1-c1ccccc1. The summed E-state index contributed by atoms with van der Waals surface area (Å²) < 4.78 is 39.9. The highest BCUT2D eigenvalue weighted by Crippen LogP contribution is 2.39. The summed E-state index contributed by atoms with van der Waals surface area (Å²) in [6.07, 6.45) is -2.09. The van der Waals surface area contributed by atoms with Crippen LogP contribution in [0.4, 0.5) is 19.0 Å². The van der Waals surface area contributed by atoms with Crippen molar-refractivity contribution in [2.75, 3.05) is 5.32 Å². The number of carbonyl (C=O) groups is 1. The predicted molar refractivity (Wildman–Crippen MR) is 103 cm³/mol. The van der Waals surface area contributed by atoms with Gasteiger partial charge in [-0.2, -0.15) is 18.3 Å². The Kier molecular flexibility index (Phi) is 5.76. The molecule has 0 aliphatic heterocycles. The summed E-state index contributed by atoms with van der Waals surface area (Å²) in [7, 11) is 0. The lowest BCUT2D eigenvalue weighted by molar-refractivity contribution is -0.140. The molecule has 0 radical (unpaired) electrons. The molecule has 0 saturated carbocycles. The lowest BCUT2D eigenvalue weighted by Gasteiger charge is -2.09. The number of carbonyl (C=O) groups excluding carboxylic acids is 1. The highest BCUT2D eigenvalue weighted by Gasteiger charge is 2.38. The third kappa shape index (κ3) is 4.55. The molecule has 0 aliphatic carbocycles. The van der Waals surface area contributed by atoms with Crippen LogP contribution in [-0.2, 0) is 11.0 Å². The average Bonchev–Trinajstić information content (AvgIpc) is 3.05. The van der Waals surface area contributed by atoms with E-state index in [1.807, 2.05) is 5.10 Å². The summed E-state index contributed by atoms with van der Waals surface area (Å²) in [4.78, 5) is 12.2. The lowest BCUT2D eigenvalue weighted by Crippen LogP contribution is -2.10. The number of H-pyrrole nitrogens is 1. The van der Waals surface area contributed by atoms with Crippen LogP contribution in [0.2, 0.25) is 10.0 Å². The van der Waals surface area contributed by atoms with Gasteiger partial charge < -0.3 is 5.32 Å². The van der Waals surface area contributed by atoms with Crippen molar-refractivity contribution >= 4 is 41.0 Å². The van der Waals surface area contributed by atoms with Gasteiger partial charge >= 0.3 is 6.18 Å². The molecule has 1 heterocycles. The standard InChI is InChI=1S/C19H12Cl2F3N3O/c20-13-8-6-11(14(21)10-13)7-9-15(28)25-18-16(12-4-2-1-3-5-12)17(26-27-18)19(22,23)24/h1-10H,(H2,25,26,27,28)/b9-7+. The minimum absolute atomic E-state index is 0.227. The van der Waals surface area contributed by atoms with Gasteiger partial charge in [0.1, 0.15) is 5.69 Å². The van der Waals surface area contributed by atoms with E-state index < -0.39 is 17.8 Å². The minimum Gasteiger partial charge on any atom is -0.305 e. The zero-order chi connectivity index (χ0) is 20.3. The Morgan fingerprint density at radius 3 is 2.46 bits per heavy atom. The van der Waals surface area contributed by atoms with E-state index in [0.717, 1.165) is 6.08 Å². The fourth-order valence-electron chi connectivity index (χ4n) is 2.48. The van der Waals surface area contributed by atoms with Gasteiger partial charge in [0.15, 0.2) is 5.82 Å². The van der Waals surface area contributed by atoms with Gasteiger partial charge in [-0.1, -0.05) is 59.6 Å². The number of halogens is 5. The van der Waals surface area contributed by atoms with E-state index in [1.165, 1.54) is 24.3 Å². The number of rotatable bonds is 4. The van der Waals surface area contributed by atoms with Crippen LogP contribution >= 0.6 is 23.2 Å². The zero-order valence-corrected chi connectivity index (χ0v) is 15.5. The first-order valence-corrected chi connectivity index (χ1v) is 8.66. The second-order valence-electron chi connectivity index (χ2n) is 5.67. The molecule has 2 N–H and O–H groups in total. The predicted octanol–water partition coefficient (Wildman–Crippen LogP) is 6.05. The van der Waals surface area contributed by atoms with Gasteiger partial charge in [-0.15, -0.1) is 0 Å². The fraction of sp³-hybridized carbons (Fsp3) is 0.0526. The van der Waals surface area contributed by atoms with Crippen LogP contribution in [0.25, 0.3) is 17.2 Å². The van der Waals surface area contributed by atoms with E-state index in [-0.39, 0.29) is 16.9 Å². The molecule has 144 valence electrons. The average molecular weight is 426 g/mol. The third-order valence-corrected chi connectivity index (χ3v) is 4.29. The van der Waals surface area contributed by atoms with Crippen molar-refractivity contribution in [3.63, 3.8) is 0 Å². The van der Waals surface area contributed by atoms with Crippen LogP contribution in [-0.4, -0.2) is 16.1 Å². The first-order chi connectivity index (χ1) is 13.3. The van der Waals surface area contributed by atoms with Crippen molar-refractivity contribution in [1.82, 2.24) is 10.2 Å². The van der Waals surface area contributed by atoms with Gasteiger partial charge in [-0.3, -0.25) is 9.89 Å². The molecule has 0 saturated heterocycles. The van der Waals surface area contributed by atoms with Crippen molar-refractivity contribution in [3.05, 3.63) is 75.9 Å². The number of hydrogen-bond acceptors (Lipinski definition) is 2. The Labute approximate surface area is 168 Å². The molecule has 2 aromatic carbocycles. The van der Waals surface area contributed by atoms with Gasteiger partial charge in [0.25, 0.3) is 0 Å². The van der Waals surface area contributed by atoms with Gasteiger partial charge in [0.2, 0.25) is 5.91 Å². The van der Waals surface area contributed by atoms with E-state index in [9.17, 15) is 18.0 Å². The molecule has 0 atom stereocenters. The second kappa shape index (κ2) is 8.08. The maximum absolute atomic E-state index is 13.3. The van der Waals surface area contributed by atoms with Crippen LogP contribution in [0.15, 0.2) is 54.6 Å². The van der Waals surface area contributed by atoms with E-state index in [1.54, 1.807) is 30.3 Å². The molecular formula is C19H12Cl2F3N3O. The highest BCUT2D eigenvalue weighted by molar-refractivity contribution is 6.35. The lowest BCUT2D eigenvalue weighted by atomic mass is 10.1. The highest BCUT2D eigenvalue weighted by atomic mass is 35.5. The molecular weight excluding hydrogens is 414 g/mol. The second-order valence-corrected chi connectivity index (χ2v) is 6.52. The van der Waals surface area contributed by atoms with Crippen molar-refractivity contribution in [2.24, 2.45) is 0 Å². The summed E-state index contributed by atoms with van der Waals surface area (Å²) in [6, 6.07) is 12.6. The maximum atomic E-state index is 13.3. The number of aromatic amines is 1. The molecule has 1 amide bonds. The number of anilines is 1. The molecule has 4 nitrogen and oxygen atoms in total. The topological polar surface area (TPSA) is 57.8 Å². The summed E-state index contributed by atoms with van der Waals surface area (Å²) >= 11 is 11.8. The van der Waals surface area contributed by atoms with Gasteiger partial charge in [0.05, 0.1) is 5.56 Å². The summed E-state index contributed by atoms with van der Waals surface area (Å²) in [5.74, 6) is -0.890. The van der Waals surface area contributed by atoms with Gasteiger partial charge in [-0.25, -0.2) is 0 Å². The number of aromatic nitrogens is 2. The smallest absolute Gasteiger partial charge is 0.305 e. The molecule has 0 bridgehead atoms. The summed E-state index contributed by atoms with van der Waals surface area (Å²) in [6.45, 7) is 0. The number of amides is 1. The first-order valence-electron chi connectivity index (χ1n) is 7.91. The van der Waals surface area contributed by atoms with Crippen LogP contribution < -0.4 is 5.32 Å². The first kappa shape index (κ1) is 20.0. The van der Waals surface area contributed by atoms with Crippen molar-refractivity contribution < 1.29 is 18.0 Å². The molecule has 1 aromatic heterocycles. The molecule has 9 heteroatoms. The Hall–Kier alpha value is -2.77. The molecule has 3 rings (SSSR count). The molecule has 0 unspecified atom stereocenters. The molecule has 0 spiro atoms. The molecule has 3 aromatic rings. The summed E-state index contributed by atoms with van der Waals surface area (Å²) in [5, 5.41) is 8.73. The number of benzene rings is 2. The van der Waals surface area contributed by atoms with Crippen LogP contribution in [0.3, 0.4) is 0 Å². The van der Waals surface area contributed by atoms with Crippen LogP contribution in [0.1, 0.15) is 11.3 Å². The van der Waals surface area contributed by atoms with Crippen molar-refractivity contribution in [2.45, 2.75) is 6.18 Å². The molecule has 28 heavy (non-hydrogen) atoms. The van der Waals surface area contributed by atoms with Crippen molar-refractivity contribution in [1.29, 1.82) is 0 Å². The summed E-state index contributed by atoms with van der Waals surface area (Å²) in [5.41, 5.74) is -0.482. The Morgan fingerprint density at radius 2 is 1.82 bits per heavy atom. The number of nitrogens with zero attached hydrogens (tertiary/aromatic N) is 1. The number of nitrogens with one attached hydrogen (secondary N) is 2. The van der Waals surface area contributed by atoms with Crippen LogP contribution in [0.5, 0.6) is 0 Å². The Bertz CT molecular complexity index is 1030. The van der Waals surface area contributed by atoms with Gasteiger partial charge in [0, 0.05) is 16.1 Å². The monoisotopic (exact) mass is 425 g/mol. The van der Waals surface area contributed by atoms with E-state index >= 15 is 0 Å². The minimum atomic E-state index is -4.66. The number of hydrogen-bond donors (Lipinski definition) is 2. The molecule has 0 fully saturated rings. The van der Waals surface area contributed by atoms with E-state index in [4.69, 9.17) is 23.2 Å². The normalized spacial score (nSPS) is 11.8. The Balaban J connectivity index is 1.89. The number of alkyl halides is 3. The zero-order valence-electron chi connectivity index (χ0n) is 14.0. The largest absolute Gasteiger partial charge is 0.433 e. The third-order valence-electron chi connectivity index (χ3n) is 3.73. The maximum Gasteiger partial charge on any atom is 0.433 e.